The largest absolute Gasteiger partial charge is 0.481 e. The minimum atomic E-state index is -1.18. The van der Waals surface area contributed by atoms with Gasteiger partial charge in [-0.3, -0.25) is 9.59 Å². The quantitative estimate of drug-likeness (QED) is 0.913. The first-order valence-corrected chi connectivity index (χ1v) is 7.18. The standard InChI is InChI=1S/C18H16O4/c19-16(20)14-10-11-18(17(21)22,12-6-2-1-3-7-12)15-9-5-4-8-13(14)15/h1-9,14H,10-11H2,(H,19,20)(H,21,22)/t14?,18-/m1/s1. The van der Waals surface area contributed by atoms with Crippen molar-refractivity contribution < 1.29 is 19.8 Å². The third-order valence-corrected chi connectivity index (χ3v) is 4.53. The molecule has 4 nitrogen and oxygen atoms in total. The van der Waals surface area contributed by atoms with Gasteiger partial charge >= 0.3 is 11.9 Å². The molecule has 2 aromatic rings. The minimum absolute atomic E-state index is 0.278. The number of carbonyl (C=O) groups is 2. The second-order valence-corrected chi connectivity index (χ2v) is 5.59. The van der Waals surface area contributed by atoms with Gasteiger partial charge in [-0.1, -0.05) is 54.6 Å². The molecule has 0 amide bonds. The lowest BCUT2D eigenvalue weighted by Crippen LogP contribution is -2.42. The summed E-state index contributed by atoms with van der Waals surface area (Å²) in [5.74, 6) is -2.48. The van der Waals surface area contributed by atoms with Crippen LogP contribution >= 0.6 is 0 Å². The number of carboxylic acid groups (broad SMARTS) is 2. The summed E-state index contributed by atoms with van der Waals surface area (Å²) >= 11 is 0. The van der Waals surface area contributed by atoms with Gasteiger partial charge < -0.3 is 10.2 Å². The van der Waals surface area contributed by atoms with Gasteiger partial charge in [-0.15, -0.1) is 0 Å². The highest BCUT2D eigenvalue weighted by atomic mass is 16.4. The van der Waals surface area contributed by atoms with Gasteiger partial charge in [0, 0.05) is 0 Å². The number of hydrogen-bond acceptors (Lipinski definition) is 2. The first-order chi connectivity index (χ1) is 10.6. The number of carboxylic acids is 2. The summed E-state index contributed by atoms with van der Waals surface area (Å²) in [6.07, 6.45) is 0.591. The number of hydrogen-bond donors (Lipinski definition) is 2. The SMILES string of the molecule is O=C(O)C1CC[C@@](C(=O)O)(c2ccccc2)c2ccccc21. The third kappa shape index (κ3) is 1.99. The zero-order chi connectivity index (χ0) is 15.7. The Kier molecular flexibility index (Phi) is 3.45. The number of fused-ring (bicyclic) bond motifs is 1. The Morgan fingerprint density at radius 1 is 0.955 bits per heavy atom. The average molecular weight is 296 g/mol. The van der Waals surface area contributed by atoms with Crippen LogP contribution in [-0.4, -0.2) is 22.2 Å². The van der Waals surface area contributed by atoms with Crippen LogP contribution in [0.15, 0.2) is 54.6 Å². The maximum absolute atomic E-state index is 12.2. The van der Waals surface area contributed by atoms with Gasteiger partial charge in [0.15, 0.2) is 0 Å². The smallest absolute Gasteiger partial charge is 0.318 e. The van der Waals surface area contributed by atoms with E-state index in [4.69, 9.17) is 0 Å². The van der Waals surface area contributed by atoms with Gasteiger partial charge in [0.25, 0.3) is 0 Å². The van der Waals surface area contributed by atoms with Gasteiger partial charge in [-0.05, 0) is 29.5 Å². The van der Waals surface area contributed by atoms with Crippen molar-refractivity contribution in [2.24, 2.45) is 0 Å². The van der Waals surface area contributed by atoms with E-state index in [-0.39, 0.29) is 6.42 Å². The van der Waals surface area contributed by atoms with Gasteiger partial charge in [0.05, 0.1) is 5.92 Å². The molecule has 112 valence electrons. The molecule has 0 fully saturated rings. The lowest BCUT2D eigenvalue weighted by atomic mass is 9.63. The molecule has 4 heteroatoms. The van der Waals surface area contributed by atoms with E-state index < -0.39 is 23.3 Å². The van der Waals surface area contributed by atoms with Crippen LogP contribution in [0.1, 0.15) is 35.4 Å². The lowest BCUT2D eigenvalue weighted by molar-refractivity contribution is -0.145. The van der Waals surface area contributed by atoms with Crippen LogP contribution in [0.25, 0.3) is 0 Å². The van der Waals surface area contributed by atoms with Crippen LogP contribution < -0.4 is 0 Å². The highest BCUT2D eigenvalue weighted by Gasteiger charge is 2.48. The normalized spacial score (nSPS) is 23.5. The van der Waals surface area contributed by atoms with E-state index >= 15 is 0 Å². The summed E-state index contributed by atoms with van der Waals surface area (Å²) in [6.45, 7) is 0. The van der Waals surface area contributed by atoms with Crippen LogP contribution in [0.2, 0.25) is 0 Å². The fourth-order valence-electron chi connectivity index (χ4n) is 3.47. The molecular formula is C18H16O4. The van der Waals surface area contributed by atoms with Gasteiger partial charge in [0.1, 0.15) is 5.41 Å². The van der Waals surface area contributed by atoms with E-state index in [0.717, 1.165) is 0 Å². The third-order valence-electron chi connectivity index (χ3n) is 4.53. The maximum Gasteiger partial charge on any atom is 0.318 e. The predicted octanol–water partition coefficient (Wildman–Crippen LogP) is 3.02. The van der Waals surface area contributed by atoms with E-state index in [1.165, 1.54) is 0 Å². The van der Waals surface area contributed by atoms with Crippen molar-refractivity contribution in [2.75, 3.05) is 0 Å². The number of aliphatic carboxylic acids is 2. The van der Waals surface area contributed by atoms with E-state index in [0.29, 0.717) is 23.1 Å². The second-order valence-electron chi connectivity index (χ2n) is 5.59. The van der Waals surface area contributed by atoms with Crippen molar-refractivity contribution in [3.05, 3.63) is 71.3 Å². The van der Waals surface area contributed by atoms with Crippen molar-refractivity contribution in [2.45, 2.75) is 24.2 Å². The van der Waals surface area contributed by atoms with Crippen molar-refractivity contribution >= 4 is 11.9 Å². The van der Waals surface area contributed by atoms with E-state index in [9.17, 15) is 19.8 Å². The van der Waals surface area contributed by atoms with Crippen molar-refractivity contribution in [3.63, 3.8) is 0 Å². The van der Waals surface area contributed by atoms with Crippen molar-refractivity contribution in [1.82, 2.24) is 0 Å². The molecule has 2 atom stereocenters. The zero-order valence-electron chi connectivity index (χ0n) is 11.9. The summed E-state index contributed by atoms with van der Waals surface area (Å²) in [5, 5.41) is 19.4. The van der Waals surface area contributed by atoms with Gasteiger partial charge in [-0.2, -0.15) is 0 Å². The molecule has 1 aliphatic rings. The van der Waals surface area contributed by atoms with Crippen LogP contribution in [0.4, 0.5) is 0 Å². The molecule has 0 radical (unpaired) electrons. The lowest BCUT2D eigenvalue weighted by Gasteiger charge is -2.38. The fraction of sp³-hybridized carbons (Fsp3) is 0.222. The monoisotopic (exact) mass is 296 g/mol. The average Bonchev–Trinajstić information content (AvgIpc) is 2.54. The first-order valence-electron chi connectivity index (χ1n) is 7.18. The van der Waals surface area contributed by atoms with E-state index in [2.05, 4.69) is 0 Å². The first kappa shape index (κ1) is 14.3. The molecule has 0 heterocycles. The van der Waals surface area contributed by atoms with Crippen LogP contribution in [-0.2, 0) is 15.0 Å². The minimum Gasteiger partial charge on any atom is -0.481 e. The Bertz CT molecular complexity index is 723. The zero-order valence-corrected chi connectivity index (χ0v) is 11.9. The molecule has 0 saturated carbocycles. The van der Waals surface area contributed by atoms with Crippen molar-refractivity contribution in [1.29, 1.82) is 0 Å². The maximum atomic E-state index is 12.2. The molecule has 3 rings (SSSR count). The summed E-state index contributed by atoms with van der Waals surface area (Å²) < 4.78 is 0. The van der Waals surface area contributed by atoms with Crippen LogP contribution in [0, 0.1) is 0 Å². The molecular weight excluding hydrogens is 280 g/mol. The summed E-state index contributed by atoms with van der Waals surface area (Å²) in [5.41, 5.74) is 0.711. The van der Waals surface area contributed by atoms with Crippen LogP contribution in [0.5, 0.6) is 0 Å². The Balaban J connectivity index is 2.27. The van der Waals surface area contributed by atoms with E-state index in [1.807, 2.05) is 18.2 Å². The van der Waals surface area contributed by atoms with E-state index in [1.54, 1.807) is 36.4 Å². The summed E-state index contributed by atoms with van der Waals surface area (Å²) in [6, 6.07) is 16.1. The van der Waals surface area contributed by atoms with Gasteiger partial charge in [0.2, 0.25) is 0 Å². The number of rotatable bonds is 3. The van der Waals surface area contributed by atoms with Crippen molar-refractivity contribution in [3.8, 4) is 0 Å². The highest BCUT2D eigenvalue weighted by molar-refractivity contribution is 5.89. The summed E-state index contributed by atoms with van der Waals surface area (Å²) in [4.78, 5) is 23.7. The molecule has 1 aliphatic carbocycles. The predicted molar refractivity (Wildman–Crippen MR) is 80.9 cm³/mol. The molecule has 0 spiro atoms. The van der Waals surface area contributed by atoms with Crippen LogP contribution in [0.3, 0.4) is 0 Å². The molecule has 2 aromatic carbocycles. The Hall–Kier alpha value is -2.62. The molecule has 22 heavy (non-hydrogen) atoms. The molecule has 0 aromatic heterocycles. The Morgan fingerprint density at radius 3 is 2.23 bits per heavy atom. The number of benzene rings is 2. The Morgan fingerprint density at radius 2 is 1.59 bits per heavy atom. The highest BCUT2D eigenvalue weighted by Crippen LogP contribution is 2.47. The molecule has 0 saturated heterocycles. The molecule has 2 N–H and O–H groups in total. The molecule has 0 aliphatic heterocycles. The summed E-state index contributed by atoms with van der Waals surface area (Å²) in [7, 11) is 0. The Labute approximate surface area is 128 Å². The molecule has 0 bridgehead atoms. The van der Waals surface area contributed by atoms with Gasteiger partial charge in [-0.25, -0.2) is 0 Å². The molecule has 1 unspecified atom stereocenters. The topological polar surface area (TPSA) is 74.6 Å². The second kappa shape index (κ2) is 5.30. The fourth-order valence-corrected chi connectivity index (χ4v) is 3.47.